The zero-order valence-electron chi connectivity index (χ0n) is 16.5. The van der Waals surface area contributed by atoms with Crippen LogP contribution >= 0.6 is 0 Å². The van der Waals surface area contributed by atoms with Gasteiger partial charge in [-0.15, -0.1) is 0 Å². The first-order valence-electron chi connectivity index (χ1n) is 9.64. The number of hydrogen-bond acceptors (Lipinski definition) is 3. The van der Waals surface area contributed by atoms with Gasteiger partial charge in [0.05, 0.1) is 12.3 Å². The summed E-state index contributed by atoms with van der Waals surface area (Å²) in [6, 6.07) is 11.9. The number of carboxylic acid groups (broad SMARTS) is 1. The Bertz CT molecular complexity index is 965. The van der Waals surface area contributed by atoms with Crippen LogP contribution in [0.4, 0.5) is 10.1 Å². The number of amides is 1. The largest absolute Gasteiger partial charge is 0.493 e. The van der Waals surface area contributed by atoms with E-state index in [2.05, 4.69) is 19.2 Å². The lowest BCUT2D eigenvalue weighted by Gasteiger charge is -2.12. The van der Waals surface area contributed by atoms with Gasteiger partial charge in [0.15, 0.2) is 0 Å². The lowest BCUT2D eigenvalue weighted by atomic mass is 10.0. The first kappa shape index (κ1) is 20.6. The SMILES string of the molecule is CC(C)COc1cccc(-c2ccc(NC(=O)C3=C(C(=O)O)CCC3)c(F)c2)c1. The Morgan fingerprint density at radius 2 is 1.83 bits per heavy atom. The molecule has 0 bridgehead atoms. The minimum absolute atomic E-state index is 0.0232. The third-order valence-electron chi connectivity index (χ3n) is 4.72. The number of rotatable bonds is 7. The molecule has 6 heteroatoms. The molecule has 29 heavy (non-hydrogen) atoms. The van der Waals surface area contributed by atoms with E-state index in [1.54, 1.807) is 6.07 Å². The van der Waals surface area contributed by atoms with E-state index < -0.39 is 17.7 Å². The Morgan fingerprint density at radius 1 is 1.10 bits per heavy atom. The van der Waals surface area contributed by atoms with Gasteiger partial charge in [-0.3, -0.25) is 4.79 Å². The van der Waals surface area contributed by atoms with Crippen LogP contribution in [0.15, 0.2) is 53.6 Å². The Morgan fingerprint density at radius 3 is 2.52 bits per heavy atom. The number of benzene rings is 2. The van der Waals surface area contributed by atoms with Gasteiger partial charge in [0.2, 0.25) is 0 Å². The van der Waals surface area contributed by atoms with Crippen LogP contribution in [0.1, 0.15) is 33.1 Å². The zero-order chi connectivity index (χ0) is 21.0. The van der Waals surface area contributed by atoms with Crippen molar-refractivity contribution < 1.29 is 23.8 Å². The summed E-state index contributed by atoms with van der Waals surface area (Å²) in [6.45, 7) is 4.72. The average Bonchev–Trinajstić information content (AvgIpc) is 3.18. The van der Waals surface area contributed by atoms with Gasteiger partial charge in [-0.2, -0.15) is 0 Å². The molecule has 0 atom stereocenters. The number of carbonyl (C=O) groups excluding carboxylic acids is 1. The van der Waals surface area contributed by atoms with Gasteiger partial charge < -0.3 is 15.2 Å². The predicted octanol–water partition coefficient (Wildman–Crippen LogP) is 5.03. The summed E-state index contributed by atoms with van der Waals surface area (Å²) in [7, 11) is 0. The van der Waals surface area contributed by atoms with Crippen LogP contribution in [0.25, 0.3) is 11.1 Å². The molecule has 2 aromatic carbocycles. The molecule has 0 fully saturated rings. The summed E-state index contributed by atoms with van der Waals surface area (Å²) >= 11 is 0. The van der Waals surface area contributed by atoms with E-state index in [1.807, 2.05) is 24.3 Å². The number of nitrogens with one attached hydrogen (secondary N) is 1. The van der Waals surface area contributed by atoms with Crippen LogP contribution in [0, 0.1) is 11.7 Å². The normalized spacial score (nSPS) is 13.7. The van der Waals surface area contributed by atoms with Crippen molar-refractivity contribution in [3.05, 3.63) is 59.4 Å². The van der Waals surface area contributed by atoms with Gasteiger partial charge in [-0.25, -0.2) is 9.18 Å². The third-order valence-corrected chi connectivity index (χ3v) is 4.72. The molecule has 3 rings (SSSR count). The molecular formula is C23H24FNO4. The molecule has 0 spiro atoms. The maximum Gasteiger partial charge on any atom is 0.332 e. The molecule has 5 nitrogen and oxygen atoms in total. The number of hydrogen-bond donors (Lipinski definition) is 2. The molecule has 2 N–H and O–H groups in total. The minimum atomic E-state index is -1.09. The maximum absolute atomic E-state index is 14.6. The Hall–Kier alpha value is -3.15. The molecule has 0 unspecified atom stereocenters. The first-order valence-corrected chi connectivity index (χ1v) is 9.64. The van der Waals surface area contributed by atoms with E-state index in [1.165, 1.54) is 12.1 Å². The third kappa shape index (κ3) is 5.02. The quantitative estimate of drug-likeness (QED) is 0.687. The summed E-state index contributed by atoms with van der Waals surface area (Å²) in [5, 5.41) is 11.7. The highest BCUT2D eigenvalue weighted by Crippen LogP contribution is 2.30. The van der Waals surface area contributed by atoms with Crippen molar-refractivity contribution in [3.63, 3.8) is 0 Å². The molecule has 0 saturated carbocycles. The maximum atomic E-state index is 14.6. The standard InChI is InChI=1S/C23H24FNO4/c1-14(2)13-29-17-6-3-5-15(11-17)16-9-10-21(20(24)12-16)25-22(26)18-7-4-8-19(18)23(27)28/h3,5-6,9-12,14H,4,7-8,13H2,1-2H3,(H,25,26)(H,27,28). The van der Waals surface area contributed by atoms with E-state index in [0.29, 0.717) is 43.1 Å². The fourth-order valence-corrected chi connectivity index (χ4v) is 3.25. The molecular weight excluding hydrogens is 373 g/mol. The molecule has 0 aromatic heterocycles. The van der Waals surface area contributed by atoms with E-state index in [9.17, 15) is 19.1 Å². The molecule has 2 aromatic rings. The molecule has 0 aliphatic heterocycles. The summed E-state index contributed by atoms with van der Waals surface area (Å²) in [4.78, 5) is 23.6. The Labute approximate surface area is 169 Å². The van der Waals surface area contributed by atoms with Crippen LogP contribution in [0.5, 0.6) is 5.75 Å². The van der Waals surface area contributed by atoms with Crippen molar-refractivity contribution in [2.45, 2.75) is 33.1 Å². The van der Waals surface area contributed by atoms with Crippen LogP contribution < -0.4 is 10.1 Å². The van der Waals surface area contributed by atoms with E-state index >= 15 is 0 Å². The van der Waals surface area contributed by atoms with E-state index in [0.717, 1.165) is 5.56 Å². The molecule has 1 amide bonds. The van der Waals surface area contributed by atoms with Gasteiger partial charge >= 0.3 is 5.97 Å². The number of aliphatic carboxylic acids is 1. The first-order chi connectivity index (χ1) is 13.8. The van der Waals surface area contributed by atoms with Crippen molar-refractivity contribution in [2.24, 2.45) is 5.92 Å². The van der Waals surface area contributed by atoms with Crippen LogP contribution in [0.3, 0.4) is 0 Å². The lowest BCUT2D eigenvalue weighted by Crippen LogP contribution is -2.17. The summed E-state index contributed by atoms with van der Waals surface area (Å²) in [5.41, 5.74) is 1.81. The van der Waals surface area contributed by atoms with Crippen molar-refractivity contribution >= 4 is 17.6 Å². The Balaban J connectivity index is 1.77. The van der Waals surface area contributed by atoms with E-state index in [4.69, 9.17) is 4.74 Å². The van der Waals surface area contributed by atoms with Crippen molar-refractivity contribution in [1.82, 2.24) is 0 Å². The van der Waals surface area contributed by atoms with Gasteiger partial charge in [-0.05, 0) is 60.6 Å². The average molecular weight is 397 g/mol. The summed E-state index contributed by atoms with van der Waals surface area (Å²) < 4.78 is 20.3. The molecule has 1 aliphatic carbocycles. The monoisotopic (exact) mass is 397 g/mol. The molecule has 1 aliphatic rings. The van der Waals surface area contributed by atoms with Crippen LogP contribution in [-0.2, 0) is 9.59 Å². The van der Waals surface area contributed by atoms with Crippen molar-refractivity contribution in [2.75, 3.05) is 11.9 Å². The number of anilines is 1. The highest BCUT2D eigenvalue weighted by Gasteiger charge is 2.25. The fourth-order valence-electron chi connectivity index (χ4n) is 3.25. The minimum Gasteiger partial charge on any atom is -0.493 e. The molecule has 0 radical (unpaired) electrons. The van der Waals surface area contributed by atoms with Gasteiger partial charge in [0, 0.05) is 11.1 Å². The highest BCUT2D eigenvalue weighted by atomic mass is 19.1. The van der Waals surface area contributed by atoms with Gasteiger partial charge in [0.1, 0.15) is 11.6 Å². The molecule has 0 heterocycles. The second-order valence-electron chi connectivity index (χ2n) is 7.50. The fraction of sp³-hybridized carbons (Fsp3) is 0.304. The predicted molar refractivity (Wildman–Crippen MR) is 109 cm³/mol. The molecule has 0 saturated heterocycles. The number of carboxylic acids is 1. The van der Waals surface area contributed by atoms with Crippen molar-refractivity contribution in [3.8, 4) is 16.9 Å². The Kier molecular flexibility index (Phi) is 6.32. The van der Waals surface area contributed by atoms with Crippen molar-refractivity contribution in [1.29, 1.82) is 0 Å². The van der Waals surface area contributed by atoms with Crippen LogP contribution in [-0.4, -0.2) is 23.6 Å². The zero-order valence-corrected chi connectivity index (χ0v) is 16.5. The number of ether oxygens (including phenoxy) is 1. The van der Waals surface area contributed by atoms with Crippen LogP contribution in [0.2, 0.25) is 0 Å². The van der Waals surface area contributed by atoms with Gasteiger partial charge in [-0.1, -0.05) is 32.0 Å². The molecule has 152 valence electrons. The van der Waals surface area contributed by atoms with E-state index in [-0.39, 0.29) is 16.8 Å². The topological polar surface area (TPSA) is 75.6 Å². The second-order valence-corrected chi connectivity index (χ2v) is 7.50. The number of halogens is 1. The summed E-state index contributed by atoms with van der Waals surface area (Å²) in [6.07, 6.45) is 1.35. The second kappa shape index (κ2) is 8.90. The lowest BCUT2D eigenvalue weighted by molar-refractivity contribution is -0.133. The number of carbonyl (C=O) groups is 2. The van der Waals surface area contributed by atoms with Gasteiger partial charge in [0.25, 0.3) is 5.91 Å². The summed E-state index contributed by atoms with van der Waals surface area (Å²) in [5.74, 6) is -1.13. The smallest absolute Gasteiger partial charge is 0.332 e. The highest BCUT2D eigenvalue weighted by molar-refractivity contribution is 6.09.